The molecule has 0 aliphatic heterocycles. The molecule has 7 heteroatoms. The molecule has 1 atom stereocenters. The topological polar surface area (TPSA) is 80.9 Å². The standard InChI is InChI=1S/AsH3.BH3.H4O4Si/c;;1-5(2,3)4/h2*1H3;1-4H. The molecule has 0 aliphatic rings. The number of hydrogen-bond acceptors (Lipinski definition) is 4. The van der Waals surface area contributed by atoms with Gasteiger partial charge >= 0.3 is 27.0 Å². The summed E-state index contributed by atoms with van der Waals surface area (Å²) in [7, 11) is -4.61. The molecule has 46 valence electrons. The van der Waals surface area contributed by atoms with Gasteiger partial charge in [0.05, 0.1) is 8.41 Å². The Kier molecular flexibility index (Phi) is 10.8. The maximum atomic E-state index is 7.33. The summed E-state index contributed by atoms with van der Waals surface area (Å²) >= 11 is 0. The molecular weight excluding hydrogens is 178 g/mol. The predicted octanol–water partition coefficient (Wildman–Crippen LogP) is -4.98. The van der Waals surface area contributed by atoms with E-state index in [0.717, 1.165) is 0 Å². The molecule has 0 bridgehead atoms. The van der Waals surface area contributed by atoms with E-state index in [2.05, 4.69) is 0 Å². The Labute approximate surface area is 55.2 Å². The average molecular weight is 188 g/mol. The van der Waals surface area contributed by atoms with Crippen molar-refractivity contribution in [3.63, 3.8) is 0 Å². The van der Waals surface area contributed by atoms with E-state index in [4.69, 9.17) is 19.2 Å². The zero-order chi connectivity index (χ0) is 4.50. The van der Waals surface area contributed by atoms with E-state index in [1.165, 1.54) is 0 Å². The Morgan fingerprint density at radius 1 is 0.857 bits per heavy atom. The zero-order valence-corrected chi connectivity index (χ0v) is 6.96. The molecule has 4 nitrogen and oxygen atoms in total. The molecule has 0 aliphatic carbocycles. The van der Waals surface area contributed by atoms with Crippen LogP contribution in [0.25, 0.3) is 0 Å². The van der Waals surface area contributed by atoms with Crippen LogP contribution < -0.4 is 0 Å². The average Bonchev–Trinajstić information content (AvgIpc) is 0.722. The van der Waals surface area contributed by atoms with Crippen molar-refractivity contribution in [1.29, 1.82) is 0 Å². The van der Waals surface area contributed by atoms with Gasteiger partial charge in [-0.15, -0.1) is 0 Å². The second-order valence-electron chi connectivity index (χ2n) is 0.600. The van der Waals surface area contributed by atoms with Gasteiger partial charge in [-0.3, -0.25) is 0 Å². The summed E-state index contributed by atoms with van der Waals surface area (Å²) in [5.41, 5.74) is 0. The van der Waals surface area contributed by atoms with Crippen LogP contribution in [0, 0.1) is 0 Å². The summed E-state index contributed by atoms with van der Waals surface area (Å²) < 4.78 is 0. The second-order valence-corrected chi connectivity index (χ2v) is 1.80. The van der Waals surface area contributed by atoms with Gasteiger partial charge < -0.3 is 19.2 Å². The van der Waals surface area contributed by atoms with Gasteiger partial charge in [-0.05, 0) is 0 Å². The van der Waals surface area contributed by atoms with E-state index in [9.17, 15) is 0 Å². The Bertz CT molecular complexity index is 27.2. The van der Waals surface area contributed by atoms with E-state index in [0.29, 0.717) is 0 Å². The first-order valence-corrected chi connectivity index (χ1v) is 2.68. The third-order valence-corrected chi connectivity index (χ3v) is 0. The van der Waals surface area contributed by atoms with Crippen LogP contribution in [0.3, 0.4) is 0 Å². The predicted molar refractivity (Wildman–Crippen MR) is 34.5 cm³/mol. The van der Waals surface area contributed by atoms with Crippen LogP contribution in [0.4, 0.5) is 0 Å². The minimum absolute atomic E-state index is 0. The van der Waals surface area contributed by atoms with Crippen LogP contribution in [-0.2, 0) is 0 Å². The minimum atomic E-state index is -4.61. The van der Waals surface area contributed by atoms with Gasteiger partial charge in [-0.1, -0.05) is 0 Å². The molecule has 0 heterocycles. The molecule has 0 aromatic carbocycles. The number of hydrogen-bond donors (Lipinski definition) is 4. The molecule has 0 aromatic heterocycles. The molecule has 0 saturated heterocycles. The molecule has 7 heavy (non-hydrogen) atoms. The van der Waals surface area contributed by atoms with Gasteiger partial charge in [-0.25, -0.2) is 0 Å². The van der Waals surface area contributed by atoms with Crippen molar-refractivity contribution in [3.8, 4) is 0 Å². The van der Waals surface area contributed by atoms with Gasteiger partial charge in [0.15, 0.2) is 0 Å². The van der Waals surface area contributed by atoms with E-state index in [1.54, 1.807) is 0 Å². The quantitative estimate of drug-likeness (QED) is 0.287. The summed E-state index contributed by atoms with van der Waals surface area (Å²) in [4.78, 5) is 29.3. The van der Waals surface area contributed by atoms with Crippen LogP contribution in [0.15, 0.2) is 0 Å². The zero-order valence-electron chi connectivity index (χ0n) is 3.00. The van der Waals surface area contributed by atoms with E-state index in [1.807, 2.05) is 0 Å². The number of rotatable bonds is 0. The summed E-state index contributed by atoms with van der Waals surface area (Å²) in [6.45, 7) is 0. The van der Waals surface area contributed by atoms with Gasteiger partial charge in [-0.2, -0.15) is 0 Å². The SMILES string of the molecule is B.O[Si](O)(O)O.[AsH3]. The monoisotopic (exact) mass is 188 g/mol. The van der Waals surface area contributed by atoms with E-state index >= 15 is 0 Å². The fourth-order valence-corrected chi connectivity index (χ4v) is 0. The third kappa shape index (κ3) is 316. The molecule has 0 amide bonds. The van der Waals surface area contributed by atoms with Gasteiger partial charge in [0.2, 0.25) is 0 Å². The first-order chi connectivity index (χ1) is 2.00. The molecule has 0 saturated carbocycles. The van der Waals surface area contributed by atoms with Crippen molar-refractivity contribution in [2.24, 2.45) is 0 Å². The summed E-state index contributed by atoms with van der Waals surface area (Å²) in [5, 5.41) is 0. The summed E-state index contributed by atoms with van der Waals surface area (Å²) in [6, 6.07) is 0. The summed E-state index contributed by atoms with van der Waals surface area (Å²) in [5.74, 6) is 0. The summed E-state index contributed by atoms with van der Waals surface area (Å²) in [6.07, 6.45) is 0. The first-order valence-electron chi connectivity index (χ1n) is 0.894. The van der Waals surface area contributed by atoms with E-state index in [-0.39, 0.29) is 26.4 Å². The van der Waals surface area contributed by atoms with Crippen molar-refractivity contribution in [2.75, 3.05) is 0 Å². The van der Waals surface area contributed by atoms with Crippen molar-refractivity contribution >= 4 is 35.4 Å². The Balaban J connectivity index is -0.0000000800. The van der Waals surface area contributed by atoms with E-state index < -0.39 is 9.05 Å². The van der Waals surface area contributed by atoms with Crippen LogP contribution in [-0.4, -0.2) is 54.6 Å². The fraction of sp³-hybridized carbons (Fsp3) is 0. The van der Waals surface area contributed by atoms with Gasteiger partial charge in [0, 0.05) is 0 Å². The molecular formula is H10AsBO4Si. The first kappa shape index (κ1) is 15.6. The molecule has 1 unspecified atom stereocenters. The van der Waals surface area contributed by atoms with Crippen LogP contribution in [0.2, 0.25) is 0 Å². The Morgan fingerprint density at radius 3 is 0.857 bits per heavy atom. The molecule has 0 aromatic rings. The fourth-order valence-electron chi connectivity index (χ4n) is 0. The second kappa shape index (κ2) is 4.83. The van der Waals surface area contributed by atoms with Crippen molar-refractivity contribution in [2.45, 2.75) is 0 Å². The van der Waals surface area contributed by atoms with Gasteiger partial charge in [0.25, 0.3) is 0 Å². The molecule has 0 radical (unpaired) electrons. The van der Waals surface area contributed by atoms with Crippen LogP contribution >= 0.6 is 0 Å². The van der Waals surface area contributed by atoms with Crippen LogP contribution in [0.5, 0.6) is 0 Å². The third-order valence-electron chi connectivity index (χ3n) is 0. The molecule has 0 fully saturated rings. The molecule has 4 N–H and O–H groups in total. The Morgan fingerprint density at radius 2 is 0.857 bits per heavy atom. The normalized spacial score (nSPS) is 8.57. The molecule has 0 rings (SSSR count). The van der Waals surface area contributed by atoms with Gasteiger partial charge in [0.1, 0.15) is 0 Å². The van der Waals surface area contributed by atoms with Crippen molar-refractivity contribution in [1.82, 2.24) is 0 Å². The Hall–Kier alpha value is 0.680. The van der Waals surface area contributed by atoms with Crippen molar-refractivity contribution < 1.29 is 19.2 Å². The maximum absolute atomic E-state index is 7.33. The van der Waals surface area contributed by atoms with Crippen molar-refractivity contribution in [3.05, 3.63) is 0 Å². The molecule has 0 spiro atoms. The van der Waals surface area contributed by atoms with Crippen LogP contribution in [0.1, 0.15) is 0 Å².